The van der Waals surface area contributed by atoms with Gasteiger partial charge in [0.2, 0.25) is 5.91 Å². The molecule has 2 aromatic heterocycles. The zero-order valence-corrected chi connectivity index (χ0v) is 16.8. The van der Waals surface area contributed by atoms with Crippen molar-refractivity contribution in [1.82, 2.24) is 20.0 Å². The predicted octanol–water partition coefficient (Wildman–Crippen LogP) is 4.00. The number of carbonyl (C=O) groups excluding carboxylic acids is 2. The van der Waals surface area contributed by atoms with Gasteiger partial charge in [0.05, 0.1) is 11.9 Å². The highest BCUT2D eigenvalue weighted by atomic mass is 19.4. The minimum Gasteiger partial charge on any atom is -0.349 e. The summed E-state index contributed by atoms with van der Waals surface area (Å²) in [5, 5.41) is 6.79. The Morgan fingerprint density at radius 1 is 1.16 bits per heavy atom. The minimum atomic E-state index is -4.49. The lowest BCUT2D eigenvalue weighted by molar-refractivity contribution is -0.122. The summed E-state index contributed by atoms with van der Waals surface area (Å²) in [6, 6.07) is 9.32. The Bertz CT molecular complexity index is 1170. The normalized spacial score (nSPS) is 11.5. The van der Waals surface area contributed by atoms with Gasteiger partial charge in [0.1, 0.15) is 12.2 Å². The smallest absolute Gasteiger partial charge is 0.349 e. The molecule has 3 rings (SSSR count). The third-order valence-electron chi connectivity index (χ3n) is 4.25. The lowest BCUT2D eigenvalue weighted by Gasteiger charge is -2.10. The maximum atomic E-state index is 12.2. The second-order valence-corrected chi connectivity index (χ2v) is 6.70. The fourth-order valence-electron chi connectivity index (χ4n) is 2.83. The van der Waals surface area contributed by atoms with Gasteiger partial charge in [-0.25, -0.2) is 9.78 Å². The van der Waals surface area contributed by atoms with Crippen LogP contribution in [0.15, 0.2) is 67.5 Å². The molecule has 0 bridgehead atoms. The van der Waals surface area contributed by atoms with Gasteiger partial charge in [-0.2, -0.15) is 13.2 Å². The maximum absolute atomic E-state index is 12.2. The van der Waals surface area contributed by atoms with Crippen LogP contribution in [0.2, 0.25) is 0 Å². The molecule has 0 spiro atoms. The Kier molecular flexibility index (Phi) is 6.93. The van der Waals surface area contributed by atoms with E-state index < -0.39 is 18.8 Å². The number of nitrogens with one attached hydrogen (secondary N) is 3. The molecule has 2 heterocycles. The van der Waals surface area contributed by atoms with Crippen LogP contribution in [0.4, 0.5) is 23.7 Å². The molecule has 7 nitrogen and oxygen atoms in total. The van der Waals surface area contributed by atoms with Crippen LogP contribution in [-0.2, 0) is 4.79 Å². The molecule has 32 heavy (non-hydrogen) atoms. The number of halogens is 3. The van der Waals surface area contributed by atoms with Gasteiger partial charge in [0.15, 0.2) is 0 Å². The number of nitrogens with zero attached hydrogens (tertiary/aromatic N) is 2. The van der Waals surface area contributed by atoms with Crippen molar-refractivity contribution in [3.63, 3.8) is 0 Å². The molecule has 0 fully saturated rings. The lowest BCUT2D eigenvalue weighted by atomic mass is 10.1. The topological polar surface area (TPSA) is 87.5 Å². The van der Waals surface area contributed by atoms with E-state index in [0.29, 0.717) is 23.4 Å². The molecule has 0 aliphatic carbocycles. The fraction of sp³-hybridized carbons (Fsp3) is 0.136. The van der Waals surface area contributed by atoms with Crippen molar-refractivity contribution >= 4 is 29.3 Å². The Morgan fingerprint density at radius 3 is 2.72 bits per heavy atom. The standard InChI is InChI=1S/C22H20F3N5O2/c1-2-9-26-20(31)7-6-15-8-10-30-18(13-27-19(30)11-15)16-4-3-5-17(12-16)29-21(32)28-14-22(23,24)25/h2-8,10-13H,1,9,14H2,(H,26,31)(H2,28,29,32). The Balaban J connectivity index is 1.75. The van der Waals surface area contributed by atoms with Crippen LogP contribution in [0.3, 0.4) is 0 Å². The number of imidazole rings is 1. The lowest BCUT2D eigenvalue weighted by Crippen LogP contribution is -2.36. The van der Waals surface area contributed by atoms with E-state index in [2.05, 4.69) is 22.2 Å². The summed E-state index contributed by atoms with van der Waals surface area (Å²) in [7, 11) is 0. The first-order valence-corrected chi connectivity index (χ1v) is 9.51. The second kappa shape index (κ2) is 9.82. The van der Waals surface area contributed by atoms with Gasteiger partial charge in [-0.05, 0) is 35.9 Å². The number of urea groups is 1. The van der Waals surface area contributed by atoms with Crippen molar-refractivity contribution < 1.29 is 22.8 Å². The van der Waals surface area contributed by atoms with E-state index in [1.807, 2.05) is 10.5 Å². The van der Waals surface area contributed by atoms with Crippen LogP contribution in [0.5, 0.6) is 0 Å². The molecule has 166 valence electrons. The number of anilines is 1. The second-order valence-electron chi connectivity index (χ2n) is 6.70. The fourth-order valence-corrected chi connectivity index (χ4v) is 2.83. The van der Waals surface area contributed by atoms with Crippen molar-refractivity contribution in [2.75, 3.05) is 18.4 Å². The zero-order valence-electron chi connectivity index (χ0n) is 16.8. The van der Waals surface area contributed by atoms with Gasteiger partial charge in [-0.15, -0.1) is 6.58 Å². The predicted molar refractivity (Wildman–Crippen MR) is 116 cm³/mol. The number of pyridine rings is 1. The van der Waals surface area contributed by atoms with Crippen molar-refractivity contribution in [3.05, 3.63) is 73.1 Å². The van der Waals surface area contributed by atoms with E-state index in [1.54, 1.807) is 60.2 Å². The molecule has 0 saturated heterocycles. The van der Waals surface area contributed by atoms with Crippen LogP contribution in [0.25, 0.3) is 23.0 Å². The van der Waals surface area contributed by atoms with Crippen molar-refractivity contribution in [2.45, 2.75) is 6.18 Å². The summed E-state index contributed by atoms with van der Waals surface area (Å²) in [5.41, 5.74) is 3.18. The SMILES string of the molecule is C=CCNC(=O)C=Cc1ccn2c(-c3cccc(NC(=O)NCC(F)(F)F)c3)cnc2c1. The number of alkyl halides is 3. The van der Waals surface area contributed by atoms with Gasteiger partial charge in [-0.3, -0.25) is 9.20 Å². The molecule has 0 unspecified atom stereocenters. The van der Waals surface area contributed by atoms with E-state index >= 15 is 0 Å². The number of hydrogen-bond donors (Lipinski definition) is 3. The number of amides is 3. The summed E-state index contributed by atoms with van der Waals surface area (Å²) in [6.07, 6.45) is 3.61. The molecular weight excluding hydrogens is 423 g/mol. The van der Waals surface area contributed by atoms with Gasteiger partial charge in [-0.1, -0.05) is 18.2 Å². The molecule has 0 aliphatic heterocycles. The summed E-state index contributed by atoms with van der Waals surface area (Å²) in [4.78, 5) is 27.7. The average Bonchev–Trinajstić information content (AvgIpc) is 3.18. The third-order valence-corrected chi connectivity index (χ3v) is 4.25. The average molecular weight is 443 g/mol. The number of aromatic nitrogens is 2. The molecule has 3 amide bonds. The molecule has 0 atom stereocenters. The van der Waals surface area contributed by atoms with Crippen molar-refractivity contribution in [3.8, 4) is 11.3 Å². The summed E-state index contributed by atoms with van der Waals surface area (Å²) in [6.45, 7) is 2.49. The van der Waals surface area contributed by atoms with Crippen LogP contribution in [0.1, 0.15) is 5.56 Å². The number of benzene rings is 1. The first-order chi connectivity index (χ1) is 15.2. The summed E-state index contributed by atoms with van der Waals surface area (Å²) >= 11 is 0. The number of fused-ring (bicyclic) bond motifs is 1. The van der Waals surface area contributed by atoms with E-state index in [-0.39, 0.29) is 5.91 Å². The molecular formula is C22H20F3N5O2. The Labute approximate surface area is 181 Å². The summed E-state index contributed by atoms with van der Waals surface area (Å²) in [5.74, 6) is -0.239. The molecule has 1 aromatic carbocycles. The molecule has 10 heteroatoms. The zero-order chi connectivity index (χ0) is 23.1. The molecule has 0 radical (unpaired) electrons. The quantitative estimate of drug-likeness (QED) is 0.381. The van der Waals surface area contributed by atoms with Crippen LogP contribution in [-0.4, -0.2) is 40.6 Å². The minimum absolute atomic E-state index is 0.239. The first kappa shape index (κ1) is 22.6. The molecule has 0 saturated carbocycles. The van der Waals surface area contributed by atoms with Gasteiger partial charge < -0.3 is 16.0 Å². The monoisotopic (exact) mass is 443 g/mol. The molecule has 0 aliphatic rings. The van der Waals surface area contributed by atoms with E-state index in [0.717, 1.165) is 11.3 Å². The van der Waals surface area contributed by atoms with Crippen LogP contribution in [0, 0.1) is 0 Å². The molecule has 3 N–H and O–H groups in total. The largest absolute Gasteiger partial charge is 0.405 e. The number of carbonyl (C=O) groups is 2. The number of hydrogen-bond acceptors (Lipinski definition) is 3. The highest BCUT2D eigenvalue weighted by Crippen LogP contribution is 2.24. The van der Waals surface area contributed by atoms with E-state index in [9.17, 15) is 22.8 Å². The number of rotatable bonds is 7. The highest BCUT2D eigenvalue weighted by molar-refractivity contribution is 5.92. The maximum Gasteiger partial charge on any atom is 0.405 e. The van der Waals surface area contributed by atoms with Crippen molar-refractivity contribution in [2.24, 2.45) is 0 Å². The third kappa shape index (κ3) is 6.21. The van der Waals surface area contributed by atoms with Gasteiger partial charge in [0, 0.05) is 30.1 Å². The summed E-state index contributed by atoms with van der Waals surface area (Å²) < 4.78 is 38.5. The van der Waals surface area contributed by atoms with Gasteiger partial charge in [0.25, 0.3) is 0 Å². The Hall–Kier alpha value is -4.08. The van der Waals surface area contributed by atoms with Crippen LogP contribution < -0.4 is 16.0 Å². The van der Waals surface area contributed by atoms with E-state index in [1.165, 1.54) is 6.08 Å². The highest BCUT2D eigenvalue weighted by Gasteiger charge is 2.27. The van der Waals surface area contributed by atoms with E-state index in [4.69, 9.17) is 0 Å². The Morgan fingerprint density at radius 2 is 1.97 bits per heavy atom. The molecule has 3 aromatic rings. The first-order valence-electron chi connectivity index (χ1n) is 9.51. The van der Waals surface area contributed by atoms with Gasteiger partial charge >= 0.3 is 12.2 Å². The van der Waals surface area contributed by atoms with Crippen molar-refractivity contribution in [1.29, 1.82) is 0 Å². The van der Waals surface area contributed by atoms with Crippen LogP contribution >= 0.6 is 0 Å².